The molecule has 2 atom stereocenters. The van der Waals surface area contributed by atoms with Crippen LogP contribution >= 0.6 is 0 Å². The Morgan fingerprint density at radius 3 is 2.48 bits per heavy atom. The second kappa shape index (κ2) is 11.7. The smallest absolute Gasteiger partial charge is 0.410 e. The van der Waals surface area contributed by atoms with Crippen LogP contribution in [0, 0.1) is 24.2 Å². The predicted molar refractivity (Wildman–Crippen MR) is 122 cm³/mol. The summed E-state index contributed by atoms with van der Waals surface area (Å²) in [7, 11) is 0. The molecule has 3 amide bonds. The van der Waals surface area contributed by atoms with Crippen molar-refractivity contribution >= 4 is 23.9 Å². The van der Waals surface area contributed by atoms with Crippen LogP contribution in [0.1, 0.15) is 47.0 Å². The number of ether oxygens (including phenoxy) is 2. The second-order valence-electron chi connectivity index (χ2n) is 9.35. The minimum Gasteiger partial charge on any atom is -0.464 e. The summed E-state index contributed by atoms with van der Waals surface area (Å²) in [6.45, 7) is 9.19. The van der Waals surface area contributed by atoms with Crippen molar-refractivity contribution in [3.8, 4) is 12.3 Å². The summed E-state index contributed by atoms with van der Waals surface area (Å²) in [4.78, 5) is 52.6. The van der Waals surface area contributed by atoms with Crippen molar-refractivity contribution in [2.75, 3.05) is 32.8 Å². The number of hydrogen-bond acceptors (Lipinski definition) is 6. The maximum absolute atomic E-state index is 12.7. The molecular formula is C24H35N3O6. The van der Waals surface area contributed by atoms with Crippen LogP contribution in [0.3, 0.4) is 0 Å². The molecular weight excluding hydrogens is 426 g/mol. The first-order valence-electron chi connectivity index (χ1n) is 11.4. The molecule has 9 heteroatoms. The van der Waals surface area contributed by atoms with Gasteiger partial charge in [0.25, 0.3) is 0 Å². The van der Waals surface area contributed by atoms with Gasteiger partial charge < -0.3 is 24.6 Å². The number of terminal acetylenes is 1. The van der Waals surface area contributed by atoms with Crippen LogP contribution in [-0.4, -0.2) is 78.1 Å². The molecule has 182 valence electrons. The molecule has 2 aliphatic rings. The van der Waals surface area contributed by atoms with Crippen molar-refractivity contribution in [1.29, 1.82) is 0 Å². The van der Waals surface area contributed by atoms with Gasteiger partial charge in [0.1, 0.15) is 11.6 Å². The van der Waals surface area contributed by atoms with E-state index in [1.54, 1.807) is 22.8 Å². The first-order chi connectivity index (χ1) is 15.5. The van der Waals surface area contributed by atoms with Crippen LogP contribution in [0.25, 0.3) is 0 Å². The summed E-state index contributed by atoms with van der Waals surface area (Å²) in [6, 6.07) is -0.889. The standard InChI is InChI=1S/C24H35N3O6/c1-6-9-19(22(30)32-7-2)25-21(29)18-10-8-13-26(16-18)20(28)12-11-17-14-27(15-17)23(31)33-24(3,4)5/h1,11-12,17-19H,7-10,13-16H2,2-5H3,(H,25,29)/b12-11+/t18-,19+/m1/s1. The van der Waals surface area contributed by atoms with Crippen molar-refractivity contribution < 1.29 is 28.7 Å². The summed E-state index contributed by atoms with van der Waals surface area (Å²) in [5.74, 6) is 1.02. The Morgan fingerprint density at radius 2 is 1.88 bits per heavy atom. The molecule has 2 saturated heterocycles. The molecule has 2 rings (SSSR count). The summed E-state index contributed by atoms with van der Waals surface area (Å²) in [5, 5.41) is 2.67. The molecule has 0 aromatic carbocycles. The predicted octanol–water partition coefficient (Wildman–Crippen LogP) is 1.72. The van der Waals surface area contributed by atoms with Gasteiger partial charge in [-0.1, -0.05) is 6.08 Å². The molecule has 0 radical (unpaired) electrons. The molecule has 0 aliphatic carbocycles. The zero-order valence-electron chi connectivity index (χ0n) is 20.0. The summed E-state index contributed by atoms with van der Waals surface area (Å²) < 4.78 is 10.3. The van der Waals surface area contributed by atoms with Crippen molar-refractivity contribution in [1.82, 2.24) is 15.1 Å². The lowest BCUT2D eigenvalue weighted by atomic mass is 9.96. The average molecular weight is 462 g/mol. The molecule has 0 aromatic heterocycles. The van der Waals surface area contributed by atoms with Gasteiger partial charge in [-0.15, -0.1) is 12.3 Å². The van der Waals surface area contributed by atoms with Gasteiger partial charge in [0.15, 0.2) is 0 Å². The molecule has 1 N–H and O–H groups in total. The van der Waals surface area contributed by atoms with E-state index in [1.165, 1.54) is 6.08 Å². The van der Waals surface area contributed by atoms with Crippen LogP contribution in [0.15, 0.2) is 12.2 Å². The largest absolute Gasteiger partial charge is 0.464 e. The fourth-order valence-electron chi connectivity index (χ4n) is 3.67. The zero-order chi connectivity index (χ0) is 24.6. The number of carbonyl (C=O) groups is 4. The Bertz CT molecular complexity index is 804. The lowest BCUT2D eigenvalue weighted by Gasteiger charge is -2.38. The van der Waals surface area contributed by atoms with E-state index in [4.69, 9.17) is 15.9 Å². The SMILES string of the molecule is C#CC[C@H](NC(=O)[C@@H]1CCCN(C(=O)/C=C/C2CN(C(=O)OC(C)(C)C)C2)C1)C(=O)OCC. The molecule has 2 heterocycles. The van der Waals surface area contributed by atoms with E-state index in [1.807, 2.05) is 20.8 Å². The third-order valence-corrected chi connectivity index (χ3v) is 5.39. The Morgan fingerprint density at radius 1 is 1.18 bits per heavy atom. The molecule has 2 aliphatic heterocycles. The number of nitrogens with zero attached hydrogens (tertiary/aromatic N) is 2. The average Bonchev–Trinajstić information content (AvgIpc) is 2.71. The molecule has 0 spiro atoms. The number of amides is 3. The van der Waals surface area contributed by atoms with E-state index in [9.17, 15) is 19.2 Å². The molecule has 0 saturated carbocycles. The fourth-order valence-corrected chi connectivity index (χ4v) is 3.67. The number of hydrogen-bond donors (Lipinski definition) is 1. The molecule has 0 unspecified atom stereocenters. The minimum absolute atomic E-state index is 0.0460. The highest BCUT2D eigenvalue weighted by molar-refractivity contribution is 5.89. The Hall–Kier alpha value is -3.02. The van der Waals surface area contributed by atoms with Crippen molar-refractivity contribution in [3.63, 3.8) is 0 Å². The van der Waals surface area contributed by atoms with Crippen molar-refractivity contribution in [2.45, 2.75) is 58.6 Å². The lowest BCUT2D eigenvalue weighted by molar-refractivity contribution is -0.148. The van der Waals surface area contributed by atoms with Crippen LogP contribution in [0.5, 0.6) is 0 Å². The normalized spacial score (nSPS) is 19.9. The quantitative estimate of drug-likeness (QED) is 0.352. The van der Waals surface area contributed by atoms with Gasteiger partial charge in [-0.05, 0) is 46.6 Å². The Kier molecular flexibility index (Phi) is 9.32. The van der Waals surface area contributed by atoms with E-state index < -0.39 is 23.5 Å². The molecule has 2 fully saturated rings. The highest BCUT2D eigenvalue weighted by Crippen LogP contribution is 2.21. The van der Waals surface area contributed by atoms with Crippen LogP contribution in [0.2, 0.25) is 0 Å². The summed E-state index contributed by atoms with van der Waals surface area (Å²) in [5.41, 5.74) is -0.539. The molecule has 9 nitrogen and oxygen atoms in total. The third-order valence-electron chi connectivity index (χ3n) is 5.39. The number of likely N-dealkylation sites (tertiary alicyclic amines) is 2. The van der Waals surface area contributed by atoms with Gasteiger partial charge in [0.05, 0.1) is 12.5 Å². The van der Waals surface area contributed by atoms with Gasteiger partial charge in [0.2, 0.25) is 11.8 Å². The van der Waals surface area contributed by atoms with Crippen molar-refractivity contribution in [2.24, 2.45) is 11.8 Å². The first kappa shape index (κ1) is 26.2. The fraction of sp³-hybridized carbons (Fsp3) is 0.667. The second-order valence-corrected chi connectivity index (χ2v) is 9.35. The third kappa shape index (κ3) is 8.12. The van der Waals surface area contributed by atoms with Gasteiger partial charge in [-0.25, -0.2) is 9.59 Å². The van der Waals surface area contributed by atoms with Gasteiger partial charge in [-0.2, -0.15) is 0 Å². The minimum atomic E-state index is -0.889. The van der Waals surface area contributed by atoms with Crippen LogP contribution < -0.4 is 5.32 Å². The highest BCUT2D eigenvalue weighted by Gasteiger charge is 2.33. The molecule has 33 heavy (non-hydrogen) atoms. The van der Waals surface area contributed by atoms with E-state index in [0.717, 1.165) is 0 Å². The number of nitrogens with one attached hydrogen (secondary N) is 1. The van der Waals surface area contributed by atoms with Gasteiger partial charge in [-0.3, -0.25) is 9.59 Å². The zero-order valence-corrected chi connectivity index (χ0v) is 20.0. The van der Waals surface area contributed by atoms with Crippen LogP contribution in [0.4, 0.5) is 4.79 Å². The molecule has 0 bridgehead atoms. The van der Waals surface area contributed by atoms with Crippen molar-refractivity contribution in [3.05, 3.63) is 12.2 Å². The number of esters is 1. The Balaban J connectivity index is 1.83. The Labute approximate surface area is 195 Å². The van der Waals surface area contributed by atoms with E-state index in [2.05, 4.69) is 11.2 Å². The number of carbonyl (C=O) groups excluding carboxylic acids is 4. The lowest BCUT2D eigenvalue weighted by Crippen LogP contribution is -2.51. The maximum atomic E-state index is 12.7. The summed E-state index contributed by atoms with van der Waals surface area (Å²) in [6.07, 6.45) is 9.62. The van der Waals surface area contributed by atoms with Crippen LogP contribution in [-0.2, 0) is 23.9 Å². The van der Waals surface area contributed by atoms with E-state index in [-0.39, 0.29) is 43.4 Å². The van der Waals surface area contributed by atoms with Gasteiger partial charge in [0, 0.05) is 38.5 Å². The molecule has 0 aromatic rings. The first-order valence-corrected chi connectivity index (χ1v) is 11.4. The topological polar surface area (TPSA) is 105 Å². The monoisotopic (exact) mass is 461 g/mol. The number of piperidine rings is 1. The van der Waals surface area contributed by atoms with E-state index in [0.29, 0.717) is 32.5 Å². The van der Waals surface area contributed by atoms with E-state index >= 15 is 0 Å². The maximum Gasteiger partial charge on any atom is 0.410 e. The highest BCUT2D eigenvalue weighted by atomic mass is 16.6. The summed E-state index contributed by atoms with van der Waals surface area (Å²) >= 11 is 0. The number of rotatable bonds is 7. The van der Waals surface area contributed by atoms with Gasteiger partial charge >= 0.3 is 12.1 Å².